The van der Waals surface area contributed by atoms with Gasteiger partial charge in [0.1, 0.15) is 5.82 Å². The third-order valence-electron chi connectivity index (χ3n) is 4.61. The van der Waals surface area contributed by atoms with Crippen LogP contribution >= 0.6 is 11.6 Å². The predicted octanol–water partition coefficient (Wildman–Crippen LogP) is 1.32. The van der Waals surface area contributed by atoms with E-state index in [1.807, 2.05) is 6.92 Å². The van der Waals surface area contributed by atoms with Crippen LogP contribution in [0.3, 0.4) is 0 Å². The molecule has 1 aliphatic rings. The second kappa shape index (κ2) is 7.19. The van der Waals surface area contributed by atoms with Gasteiger partial charge in [-0.05, 0) is 26.1 Å². The molecule has 0 radical (unpaired) electrons. The van der Waals surface area contributed by atoms with E-state index in [0.29, 0.717) is 28.3 Å². The van der Waals surface area contributed by atoms with Gasteiger partial charge in [-0.2, -0.15) is 0 Å². The summed E-state index contributed by atoms with van der Waals surface area (Å²) < 4.78 is 1.69. The lowest BCUT2D eigenvalue weighted by Gasteiger charge is -2.32. The van der Waals surface area contributed by atoms with Crippen molar-refractivity contribution >= 4 is 22.5 Å². The maximum Gasteiger partial charge on any atom is 0.262 e. The number of benzene rings is 1. The molecule has 1 fully saturated rings. The number of fused-ring (bicyclic) bond motifs is 1. The van der Waals surface area contributed by atoms with Crippen molar-refractivity contribution in [2.75, 3.05) is 39.8 Å². The van der Waals surface area contributed by atoms with Crippen molar-refractivity contribution in [3.63, 3.8) is 0 Å². The minimum atomic E-state index is -0.312. The van der Waals surface area contributed by atoms with E-state index in [2.05, 4.69) is 21.8 Å². The van der Waals surface area contributed by atoms with Crippen LogP contribution in [0.15, 0.2) is 23.0 Å². The number of hydrogen-bond acceptors (Lipinski definition) is 5. The molecule has 6 nitrogen and oxygen atoms in total. The molecular weight excluding hydrogens is 326 g/mol. The molecule has 24 heavy (non-hydrogen) atoms. The van der Waals surface area contributed by atoms with E-state index >= 15 is 0 Å². The van der Waals surface area contributed by atoms with Crippen LogP contribution in [-0.2, 0) is 6.54 Å². The topological polar surface area (TPSA) is 67.4 Å². The van der Waals surface area contributed by atoms with E-state index in [1.54, 1.807) is 22.8 Å². The van der Waals surface area contributed by atoms with Crippen LogP contribution in [-0.4, -0.2) is 59.1 Å². The number of halogens is 1. The van der Waals surface area contributed by atoms with E-state index in [4.69, 9.17) is 17.3 Å². The monoisotopic (exact) mass is 349 g/mol. The Morgan fingerprint density at radius 1 is 1.25 bits per heavy atom. The molecule has 0 saturated carbocycles. The summed E-state index contributed by atoms with van der Waals surface area (Å²) in [7, 11) is 2.13. The normalized spacial score (nSPS) is 18.2. The smallest absolute Gasteiger partial charge is 0.262 e. The molecule has 1 aliphatic heterocycles. The number of likely N-dealkylation sites (N-methyl/N-ethyl adjacent to an activating group) is 1. The van der Waals surface area contributed by atoms with Crippen molar-refractivity contribution in [1.82, 2.24) is 19.4 Å². The lowest BCUT2D eigenvalue weighted by Crippen LogP contribution is -2.46. The molecule has 0 bridgehead atoms. The minimum Gasteiger partial charge on any atom is -0.322 e. The van der Waals surface area contributed by atoms with Gasteiger partial charge >= 0.3 is 0 Å². The van der Waals surface area contributed by atoms with Gasteiger partial charge < -0.3 is 10.6 Å². The molecule has 0 spiro atoms. The lowest BCUT2D eigenvalue weighted by molar-refractivity contribution is 0.149. The van der Waals surface area contributed by atoms with E-state index in [-0.39, 0.29) is 11.6 Å². The minimum absolute atomic E-state index is 0.105. The lowest BCUT2D eigenvalue weighted by atomic mass is 10.2. The second-order valence-corrected chi connectivity index (χ2v) is 6.90. The summed E-state index contributed by atoms with van der Waals surface area (Å²) in [6.45, 7) is 7.37. The summed E-state index contributed by atoms with van der Waals surface area (Å²) in [6, 6.07) is 5.02. The molecule has 1 saturated heterocycles. The van der Waals surface area contributed by atoms with Gasteiger partial charge in [-0.3, -0.25) is 14.3 Å². The SMILES string of the molecule is C[C@H](N)c1nc2cccc(Cl)c2c(=O)n1CCN1CCN(C)CC1. The van der Waals surface area contributed by atoms with E-state index in [9.17, 15) is 4.79 Å². The van der Waals surface area contributed by atoms with Gasteiger partial charge in [-0.1, -0.05) is 17.7 Å². The molecule has 2 N–H and O–H groups in total. The van der Waals surface area contributed by atoms with Crippen LogP contribution in [0.25, 0.3) is 10.9 Å². The Labute approximate surface area is 146 Å². The first-order valence-electron chi connectivity index (χ1n) is 8.33. The largest absolute Gasteiger partial charge is 0.322 e. The molecule has 2 aromatic rings. The number of piperazine rings is 1. The van der Waals surface area contributed by atoms with Crippen molar-refractivity contribution in [1.29, 1.82) is 0 Å². The summed E-state index contributed by atoms with van der Waals surface area (Å²) in [6.07, 6.45) is 0. The molecule has 1 aromatic carbocycles. The molecule has 3 rings (SSSR count). The fourth-order valence-electron chi connectivity index (χ4n) is 3.12. The number of hydrogen-bond donors (Lipinski definition) is 1. The van der Waals surface area contributed by atoms with Gasteiger partial charge in [-0.15, -0.1) is 0 Å². The molecule has 1 aromatic heterocycles. The first-order chi connectivity index (χ1) is 11.5. The van der Waals surface area contributed by atoms with Crippen molar-refractivity contribution < 1.29 is 0 Å². The van der Waals surface area contributed by atoms with Crippen LogP contribution in [0.2, 0.25) is 5.02 Å². The highest BCUT2D eigenvalue weighted by molar-refractivity contribution is 6.35. The zero-order chi connectivity index (χ0) is 17.3. The van der Waals surface area contributed by atoms with Crippen molar-refractivity contribution in [2.24, 2.45) is 5.73 Å². The average molecular weight is 350 g/mol. The molecular formula is C17H24ClN5O. The zero-order valence-corrected chi connectivity index (χ0v) is 15.0. The fraction of sp³-hybridized carbons (Fsp3) is 0.529. The van der Waals surface area contributed by atoms with Crippen LogP contribution in [0.5, 0.6) is 0 Å². The van der Waals surface area contributed by atoms with Gasteiger partial charge in [0, 0.05) is 39.3 Å². The second-order valence-electron chi connectivity index (χ2n) is 6.49. The molecule has 0 unspecified atom stereocenters. The number of aromatic nitrogens is 2. The van der Waals surface area contributed by atoms with Crippen molar-refractivity contribution in [2.45, 2.75) is 19.5 Å². The first-order valence-corrected chi connectivity index (χ1v) is 8.70. The number of rotatable bonds is 4. The predicted molar refractivity (Wildman–Crippen MR) is 97.6 cm³/mol. The van der Waals surface area contributed by atoms with Crippen LogP contribution in [0, 0.1) is 0 Å². The van der Waals surface area contributed by atoms with Crippen LogP contribution in [0.1, 0.15) is 18.8 Å². The van der Waals surface area contributed by atoms with E-state index in [0.717, 1.165) is 32.7 Å². The Morgan fingerprint density at radius 3 is 2.62 bits per heavy atom. The van der Waals surface area contributed by atoms with Crippen LogP contribution in [0.4, 0.5) is 0 Å². The van der Waals surface area contributed by atoms with Crippen molar-refractivity contribution in [3.8, 4) is 0 Å². The van der Waals surface area contributed by atoms with Crippen LogP contribution < -0.4 is 11.3 Å². The molecule has 2 heterocycles. The Balaban J connectivity index is 1.93. The highest BCUT2D eigenvalue weighted by atomic mass is 35.5. The summed E-state index contributed by atoms with van der Waals surface area (Å²) in [4.78, 5) is 22.2. The Morgan fingerprint density at radius 2 is 1.96 bits per heavy atom. The summed E-state index contributed by atoms with van der Waals surface area (Å²) in [5.41, 5.74) is 6.57. The van der Waals surface area contributed by atoms with Gasteiger partial charge in [0.2, 0.25) is 0 Å². The molecule has 7 heteroatoms. The van der Waals surface area contributed by atoms with Gasteiger partial charge in [0.25, 0.3) is 5.56 Å². The van der Waals surface area contributed by atoms with Gasteiger partial charge in [-0.25, -0.2) is 4.98 Å². The molecule has 130 valence electrons. The number of nitrogens with zero attached hydrogens (tertiary/aromatic N) is 4. The fourth-order valence-corrected chi connectivity index (χ4v) is 3.37. The van der Waals surface area contributed by atoms with Gasteiger partial charge in [0.05, 0.1) is 22.0 Å². The summed E-state index contributed by atoms with van der Waals surface area (Å²) in [5.74, 6) is 0.615. The third-order valence-corrected chi connectivity index (χ3v) is 4.92. The third kappa shape index (κ3) is 3.47. The first kappa shape index (κ1) is 17.4. The zero-order valence-electron chi connectivity index (χ0n) is 14.2. The standard InChI is InChI=1S/C17H24ClN5O/c1-12(19)16-20-14-5-3-4-13(18)15(14)17(24)23(16)11-10-22-8-6-21(2)7-9-22/h3-5,12H,6-11,19H2,1-2H3/t12-/m0/s1. The van der Waals surface area contributed by atoms with Crippen molar-refractivity contribution in [3.05, 3.63) is 39.4 Å². The molecule has 0 amide bonds. The molecule has 1 atom stereocenters. The molecule has 0 aliphatic carbocycles. The highest BCUT2D eigenvalue weighted by Crippen LogP contribution is 2.20. The Hall–Kier alpha value is -1.47. The van der Waals surface area contributed by atoms with E-state index < -0.39 is 0 Å². The maximum absolute atomic E-state index is 13.0. The Bertz CT molecular complexity index is 780. The number of nitrogens with two attached hydrogens (primary N) is 1. The quantitative estimate of drug-likeness (QED) is 0.901. The Kier molecular flexibility index (Phi) is 5.20. The summed E-state index contributed by atoms with van der Waals surface area (Å²) in [5, 5.41) is 0.913. The van der Waals surface area contributed by atoms with E-state index in [1.165, 1.54) is 0 Å². The van der Waals surface area contributed by atoms with Gasteiger partial charge in [0.15, 0.2) is 0 Å². The maximum atomic E-state index is 13.0. The highest BCUT2D eigenvalue weighted by Gasteiger charge is 2.18. The average Bonchev–Trinajstić information content (AvgIpc) is 2.55. The summed E-state index contributed by atoms with van der Waals surface area (Å²) >= 11 is 6.23.